The number of anilines is 1. The Morgan fingerprint density at radius 1 is 1.27 bits per heavy atom. The number of aromatic nitrogens is 2. The number of hydrogen-bond donors (Lipinski definition) is 3. The second-order valence-corrected chi connectivity index (χ2v) is 4.59. The van der Waals surface area contributed by atoms with Crippen molar-refractivity contribution >= 4 is 11.9 Å². The normalized spacial score (nSPS) is 11.8. The van der Waals surface area contributed by atoms with Gasteiger partial charge in [0.1, 0.15) is 5.82 Å². The molecule has 116 valence electrons. The molecule has 0 aliphatic rings. The number of aliphatic hydroxyl groups is 1. The SMILES string of the molecule is CCNc1ncc(C(=O)NC(CO)c2ccc(F)cc2)cn1. The molecule has 3 N–H and O–H groups in total. The van der Waals surface area contributed by atoms with Gasteiger partial charge in [0, 0.05) is 18.9 Å². The van der Waals surface area contributed by atoms with Gasteiger partial charge in [-0.05, 0) is 24.6 Å². The first kappa shape index (κ1) is 15.8. The van der Waals surface area contributed by atoms with E-state index in [1.54, 1.807) is 0 Å². The highest BCUT2D eigenvalue weighted by Crippen LogP contribution is 2.14. The van der Waals surface area contributed by atoms with Gasteiger partial charge < -0.3 is 15.7 Å². The molecule has 1 unspecified atom stereocenters. The Morgan fingerprint density at radius 2 is 1.91 bits per heavy atom. The van der Waals surface area contributed by atoms with Crippen LogP contribution in [-0.2, 0) is 0 Å². The number of amides is 1. The second kappa shape index (κ2) is 7.46. The van der Waals surface area contributed by atoms with Gasteiger partial charge in [0.05, 0.1) is 18.2 Å². The molecule has 22 heavy (non-hydrogen) atoms. The Kier molecular flexibility index (Phi) is 5.37. The second-order valence-electron chi connectivity index (χ2n) is 4.59. The Morgan fingerprint density at radius 3 is 2.45 bits per heavy atom. The minimum atomic E-state index is -0.624. The number of nitrogens with zero attached hydrogens (tertiary/aromatic N) is 2. The third-order valence-corrected chi connectivity index (χ3v) is 3.01. The topological polar surface area (TPSA) is 87.1 Å². The van der Waals surface area contributed by atoms with Crippen molar-refractivity contribution in [3.8, 4) is 0 Å². The molecule has 0 aliphatic carbocycles. The van der Waals surface area contributed by atoms with Crippen LogP contribution in [0.4, 0.5) is 10.3 Å². The fourth-order valence-electron chi connectivity index (χ4n) is 1.87. The molecule has 7 heteroatoms. The average molecular weight is 304 g/mol. The molecule has 1 aromatic carbocycles. The van der Waals surface area contributed by atoms with E-state index in [0.717, 1.165) is 0 Å². The van der Waals surface area contributed by atoms with Gasteiger partial charge in [-0.2, -0.15) is 0 Å². The summed E-state index contributed by atoms with van der Waals surface area (Å²) in [6.07, 6.45) is 2.80. The fourth-order valence-corrected chi connectivity index (χ4v) is 1.87. The van der Waals surface area contributed by atoms with Crippen molar-refractivity contribution in [1.29, 1.82) is 0 Å². The van der Waals surface area contributed by atoms with Crippen LogP contribution in [0.2, 0.25) is 0 Å². The summed E-state index contributed by atoms with van der Waals surface area (Å²) in [5.74, 6) is -0.345. The van der Waals surface area contributed by atoms with Crippen LogP contribution in [0.15, 0.2) is 36.7 Å². The molecule has 0 radical (unpaired) electrons. The Bertz CT molecular complexity index is 616. The van der Waals surface area contributed by atoms with Gasteiger partial charge in [-0.3, -0.25) is 4.79 Å². The number of nitrogens with one attached hydrogen (secondary N) is 2. The highest BCUT2D eigenvalue weighted by atomic mass is 19.1. The molecule has 0 spiro atoms. The average Bonchev–Trinajstić information content (AvgIpc) is 2.54. The fraction of sp³-hybridized carbons (Fsp3) is 0.267. The summed E-state index contributed by atoms with van der Waals surface area (Å²) < 4.78 is 12.9. The van der Waals surface area contributed by atoms with E-state index >= 15 is 0 Å². The van der Waals surface area contributed by atoms with Crippen molar-refractivity contribution in [3.05, 3.63) is 53.6 Å². The summed E-state index contributed by atoms with van der Waals surface area (Å²) in [5, 5.41) is 15.0. The number of benzene rings is 1. The first-order valence-electron chi connectivity index (χ1n) is 6.87. The molecule has 1 aromatic heterocycles. The summed E-state index contributed by atoms with van der Waals surface area (Å²) in [6.45, 7) is 2.30. The van der Waals surface area contributed by atoms with Crippen LogP contribution in [0.3, 0.4) is 0 Å². The van der Waals surface area contributed by atoms with Crippen LogP contribution in [0, 0.1) is 5.82 Å². The minimum absolute atomic E-state index is 0.280. The van der Waals surface area contributed by atoms with E-state index in [4.69, 9.17) is 0 Å². The lowest BCUT2D eigenvalue weighted by atomic mass is 10.1. The number of carbonyl (C=O) groups excluding carboxylic acids is 1. The third kappa shape index (κ3) is 3.98. The molecule has 0 aliphatic heterocycles. The largest absolute Gasteiger partial charge is 0.394 e. The molecule has 0 saturated carbocycles. The predicted molar refractivity (Wildman–Crippen MR) is 79.9 cm³/mol. The van der Waals surface area contributed by atoms with E-state index < -0.39 is 11.9 Å². The zero-order chi connectivity index (χ0) is 15.9. The molecule has 0 fully saturated rings. The van der Waals surface area contributed by atoms with Gasteiger partial charge in [0.2, 0.25) is 5.95 Å². The number of hydrogen-bond acceptors (Lipinski definition) is 5. The molecule has 2 aromatic rings. The lowest BCUT2D eigenvalue weighted by Gasteiger charge is -2.16. The molecule has 1 atom stereocenters. The minimum Gasteiger partial charge on any atom is -0.394 e. The van der Waals surface area contributed by atoms with Crippen LogP contribution in [-0.4, -0.2) is 34.1 Å². The van der Waals surface area contributed by atoms with Crippen molar-refractivity contribution < 1.29 is 14.3 Å². The zero-order valence-corrected chi connectivity index (χ0v) is 12.1. The van der Waals surface area contributed by atoms with Crippen molar-refractivity contribution in [1.82, 2.24) is 15.3 Å². The smallest absolute Gasteiger partial charge is 0.254 e. The molecule has 0 bridgehead atoms. The number of rotatable bonds is 6. The standard InChI is InChI=1S/C15H17FN4O2/c1-2-17-15-18-7-11(8-19-15)14(22)20-13(9-21)10-3-5-12(16)6-4-10/h3-8,13,21H,2,9H2,1H3,(H,20,22)(H,17,18,19). The van der Waals surface area contributed by atoms with Crippen molar-refractivity contribution in [2.24, 2.45) is 0 Å². The summed E-state index contributed by atoms with van der Waals surface area (Å²) in [4.78, 5) is 20.2. The van der Waals surface area contributed by atoms with Crippen LogP contribution < -0.4 is 10.6 Å². The Labute approximate surface area is 127 Å². The third-order valence-electron chi connectivity index (χ3n) is 3.01. The highest BCUT2D eigenvalue weighted by molar-refractivity contribution is 5.93. The maximum atomic E-state index is 12.9. The zero-order valence-electron chi connectivity index (χ0n) is 12.1. The first-order chi connectivity index (χ1) is 10.6. The van der Waals surface area contributed by atoms with Crippen LogP contribution in [0.5, 0.6) is 0 Å². The van der Waals surface area contributed by atoms with E-state index in [1.165, 1.54) is 36.7 Å². The quantitative estimate of drug-likeness (QED) is 0.753. The summed E-state index contributed by atoms with van der Waals surface area (Å²) in [6, 6.07) is 4.96. The molecule has 0 saturated heterocycles. The Hall–Kier alpha value is -2.54. The summed E-state index contributed by atoms with van der Waals surface area (Å²) in [7, 11) is 0. The highest BCUT2D eigenvalue weighted by Gasteiger charge is 2.15. The monoisotopic (exact) mass is 304 g/mol. The number of halogens is 1. The molecule has 2 rings (SSSR count). The Balaban J connectivity index is 2.06. The van der Waals surface area contributed by atoms with E-state index in [0.29, 0.717) is 18.1 Å². The van der Waals surface area contributed by atoms with Gasteiger partial charge >= 0.3 is 0 Å². The molecular weight excluding hydrogens is 287 g/mol. The lowest BCUT2D eigenvalue weighted by Crippen LogP contribution is -2.31. The molecule has 6 nitrogen and oxygen atoms in total. The van der Waals surface area contributed by atoms with Gasteiger partial charge in [-0.1, -0.05) is 12.1 Å². The maximum Gasteiger partial charge on any atom is 0.254 e. The molecule has 1 amide bonds. The van der Waals surface area contributed by atoms with Crippen molar-refractivity contribution in [3.63, 3.8) is 0 Å². The lowest BCUT2D eigenvalue weighted by molar-refractivity contribution is 0.0915. The van der Waals surface area contributed by atoms with Gasteiger partial charge in [-0.15, -0.1) is 0 Å². The van der Waals surface area contributed by atoms with Crippen molar-refractivity contribution in [2.75, 3.05) is 18.5 Å². The number of aliphatic hydroxyl groups excluding tert-OH is 1. The van der Waals surface area contributed by atoms with Crippen LogP contribution >= 0.6 is 0 Å². The number of carbonyl (C=O) groups is 1. The van der Waals surface area contributed by atoms with Gasteiger partial charge in [-0.25, -0.2) is 14.4 Å². The van der Waals surface area contributed by atoms with E-state index in [9.17, 15) is 14.3 Å². The van der Waals surface area contributed by atoms with E-state index in [2.05, 4.69) is 20.6 Å². The summed E-state index contributed by atoms with van der Waals surface area (Å²) >= 11 is 0. The van der Waals surface area contributed by atoms with Crippen LogP contribution in [0.1, 0.15) is 28.9 Å². The van der Waals surface area contributed by atoms with E-state index in [1.807, 2.05) is 6.92 Å². The van der Waals surface area contributed by atoms with Gasteiger partial charge in [0.25, 0.3) is 5.91 Å². The van der Waals surface area contributed by atoms with E-state index in [-0.39, 0.29) is 18.0 Å². The van der Waals surface area contributed by atoms with Crippen molar-refractivity contribution in [2.45, 2.75) is 13.0 Å². The molecular formula is C15H17FN4O2. The maximum absolute atomic E-state index is 12.9. The first-order valence-corrected chi connectivity index (χ1v) is 6.87. The predicted octanol–water partition coefficient (Wildman–Crippen LogP) is 1.51. The molecule has 1 heterocycles. The van der Waals surface area contributed by atoms with Crippen LogP contribution in [0.25, 0.3) is 0 Å². The summed E-state index contributed by atoms with van der Waals surface area (Å²) in [5.41, 5.74) is 0.893. The van der Waals surface area contributed by atoms with Gasteiger partial charge in [0.15, 0.2) is 0 Å².